The van der Waals surface area contributed by atoms with Crippen LogP contribution in [0.3, 0.4) is 0 Å². The van der Waals surface area contributed by atoms with Crippen molar-refractivity contribution < 1.29 is 14.4 Å². The number of carbonyl (C=O) groups excluding carboxylic acids is 3. The van der Waals surface area contributed by atoms with Crippen molar-refractivity contribution in [2.45, 2.75) is 46.5 Å². The number of pyridine rings is 1. The molecule has 0 unspecified atom stereocenters. The largest absolute Gasteiger partial charge is 0.355 e. The van der Waals surface area contributed by atoms with E-state index in [1.807, 2.05) is 9.80 Å². The summed E-state index contributed by atoms with van der Waals surface area (Å²) in [5, 5.41) is 3.17. The number of carbonyl (C=O) groups is 3. The van der Waals surface area contributed by atoms with Crippen molar-refractivity contribution in [3.63, 3.8) is 0 Å². The summed E-state index contributed by atoms with van der Waals surface area (Å²) in [7, 11) is 0. The van der Waals surface area contributed by atoms with Gasteiger partial charge < -0.3 is 15.1 Å². The monoisotopic (exact) mass is 426 g/mol. The van der Waals surface area contributed by atoms with Crippen molar-refractivity contribution >= 4 is 17.7 Å². The molecule has 1 spiro atoms. The van der Waals surface area contributed by atoms with Crippen LogP contribution in [0.5, 0.6) is 0 Å². The van der Waals surface area contributed by atoms with Gasteiger partial charge in [0.05, 0.1) is 5.41 Å². The molecule has 168 valence electrons. The highest BCUT2D eigenvalue weighted by atomic mass is 16.2. The number of hydrogen-bond donors (Lipinski definition) is 1. The highest BCUT2D eigenvalue weighted by Gasteiger charge is 2.64. The Hall–Kier alpha value is -2.44. The standard InChI is InChI=1S/C24H34N4O3/c1-17(2)14-26-22(31)24-7-6-23(20(24)15-28(16-24)18(3)29)8-12-27(13-9-23)21(30)19-4-10-25-11-5-19/h4-5,10-11,17,20H,6-9,12-16H2,1-3H3,(H,26,31)/t20-,24+/m0/s1. The first kappa shape index (κ1) is 21.8. The summed E-state index contributed by atoms with van der Waals surface area (Å²) < 4.78 is 0. The van der Waals surface area contributed by atoms with Crippen LogP contribution in [0.25, 0.3) is 0 Å². The number of hydrogen-bond acceptors (Lipinski definition) is 4. The van der Waals surface area contributed by atoms with E-state index in [1.54, 1.807) is 31.5 Å². The van der Waals surface area contributed by atoms with Gasteiger partial charge in [0.15, 0.2) is 0 Å². The summed E-state index contributed by atoms with van der Waals surface area (Å²) in [5.41, 5.74) is 0.204. The molecule has 2 atom stereocenters. The van der Waals surface area contributed by atoms with E-state index < -0.39 is 5.41 Å². The number of rotatable bonds is 4. The SMILES string of the molecule is CC(=O)N1C[C@H]2C3(CCN(C(=O)c4ccncc4)CC3)CC[C@@]2(C(=O)NCC(C)C)C1. The number of likely N-dealkylation sites (tertiary alicyclic amines) is 2. The highest BCUT2D eigenvalue weighted by molar-refractivity contribution is 5.94. The average Bonchev–Trinajstić information content (AvgIpc) is 3.30. The van der Waals surface area contributed by atoms with Crippen LogP contribution in [0.1, 0.15) is 56.8 Å². The van der Waals surface area contributed by atoms with E-state index >= 15 is 0 Å². The Labute approximate surface area is 184 Å². The summed E-state index contributed by atoms with van der Waals surface area (Å²) >= 11 is 0. The maximum absolute atomic E-state index is 13.4. The minimum atomic E-state index is -0.488. The van der Waals surface area contributed by atoms with Gasteiger partial charge in [0.1, 0.15) is 0 Å². The summed E-state index contributed by atoms with van der Waals surface area (Å²) in [6.45, 7) is 9.02. The Bertz CT molecular complexity index is 848. The molecule has 7 nitrogen and oxygen atoms in total. The number of nitrogens with one attached hydrogen (secondary N) is 1. The molecule has 0 aromatic carbocycles. The Balaban J connectivity index is 1.51. The smallest absolute Gasteiger partial charge is 0.253 e. The molecule has 1 aliphatic carbocycles. The van der Waals surface area contributed by atoms with E-state index in [4.69, 9.17) is 0 Å². The van der Waals surface area contributed by atoms with Gasteiger partial charge in [0.2, 0.25) is 11.8 Å². The molecule has 31 heavy (non-hydrogen) atoms. The Morgan fingerprint density at radius 3 is 2.39 bits per heavy atom. The van der Waals surface area contributed by atoms with E-state index in [1.165, 1.54) is 0 Å². The Kier molecular flexibility index (Phi) is 5.79. The Morgan fingerprint density at radius 2 is 1.77 bits per heavy atom. The van der Waals surface area contributed by atoms with Crippen molar-refractivity contribution in [1.82, 2.24) is 20.1 Å². The second kappa shape index (κ2) is 8.24. The van der Waals surface area contributed by atoms with Crippen LogP contribution >= 0.6 is 0 Å². The molecule has 1 aromatic rings. The van der Waals surface area contributed by atoms with E-state index in [0.717, 1.165) is 25.7 Å². The number of fused-ring (bicyclic) bond motifs is 2. The lowest BCUT2D eigenvalue weighted by Crippen LogP contribution is -2.50. The summed E-state index contributed by atoms with van der Waals surface area (Å²) in [4.78, 5) is 46.3. The maximum atomic E-state index is 13.4. The second-order valence-corrected chi connectivity index (χ2v) is 10.1. The molecule has 2 saturated heterocycles. The van der Waals surface area contributed by atoms with Crippen LogP contribution in [0.4, 0.5) is 0 Å². The molecule has 1 saturated carbocycles. The van der Waals surface area contributed by atoms with Crippen molar-refractivity contribution in [2.75, 3.05) is 32.7 Å². The lowest BCUT2D eigenvalue weighted by molar-refractivity contribution is -0.133. The molecule has 3 fully saturated rings. The van der Waals surface area contributed by atoms with Crippen LogP contribution < -0.4 is 5.32 Å². The fraction of sp³-hybridized carbons (Fsp3) is 0.667. The normalized spacial score (nSPS) is 26.9. The van der Waals surface area contributed by atoms with E-state index in [0.29, 0.717) is 44.2 Å². The highest BCUT2D eigenvalue weighted by Crippen LogP contribution is 2.62. The average molecular weight is 427 g/mol. The first-order valence-electron chi connectivity index (χ1n) is 11.5. The number of amides is 3. The number of piperidine rings is 1. The minimum Gasteiger partial charge on any atom is -0.355 e. The molecule has 2 aliphatic heterocycles. The predicted octanol–water partition coefficient (Wildman–Crippen LogP) is 2.33. The molecule has 3 amide bonds. The summed E-state index contributed by atoms with van der Waals surface area (Å²) in [5.74, 6) is 0.761. The van der Waals surface area contributed by atoms with Gasteiger partial charge in [-0.2, -0.15) is 0 Å². The zero-order chi connectivity index (χ0) is 22.2. The summed E-state index contributed by atoms with van der Waals surface area (Å²) in [6.07, 6.45) is 6.89. The van der Waals surface area contributed by atoms with Gasteiger partial charge in [0, 0.05) is 57.6 Å². The predicted molar refractivity (Wildman–Crippen MR) is 117 cm³/mol. The third kappa shape index (κ3) is 3.83. The van der Waals surface area contributed by atoms with Gasteiger partial charge in [-0.15, -0.1) is 0 Å². The molecule has 7 heteroatoms. The van der Waals surface area contributed by atoms with Gasteiger partial charge in [-0.1, -0.05) is 13.8 Å². The number of aromatic nitrogens is 1. The van der Waals surface area contributed by atoms with Crippen LogP contribution in [-0.2, 0) is 9.59 Å². The van der Waals surface area contributed by atoms with Gasteiger partial charge in [-0.3, -0.25) is 19.4 Å². The molecule has 1 aromatic heterocycles. The van der Waals surface area contributed by atoms with Crippen LogP contribution in [0.2, 0.25) is 0 Å². The van der Waals surface area contributed by atoms with E-state index in [-0.39, 0.29) is 29.1 Å². The van der Waals surface area contributed by atoms with Crippen LogP contribution in [0.15, 0.2) is 24.5 Å². The van der Waals surface area contributed by atoms with E-state index in [9.17, 15) is 14.4 Å². The fourth-order valence-electron chi connectivity index (χ4n) is 6.08. The topological polar surface area (TPSA) is 82.6 Å². The maximum Gasteiger partial charge on any atom is 0.253 e. The van der Waals surface area contributed by atoms with E-state index in [2.05, 4.69) is 24.1 Å². The van der Waals surface area contributed by atoms with Crippen molar-refractivity contribution in [3.8, 4) is 0 Å². The molecule has 4 rings (SSSR count). The lowest BCUT2D eigenvalue weighted by Gasteiger charge is -2.44. The Morgan fingerprint density at radius 1 is 1.10 bits per heavy atom. The third-order valence-corrected chi connectivity index (χ3v) is 7.89. The second-order valence-electron chi connectivity index (χ2n) is 10.1. The zero-order valence-corrected chi connectivity index (χ0v) is 18.9. The molecule has 1 N–H and O–H groups in total. The molecular weight excluding hydrogens is 392 g/mol. The zero-order valence-electron chi connectivity index (χ0n) is 18.9. The quantitative estimate of drug-likeness (QED) is 0.801. The van der Waals surface area contributed by atoms with Gasteiger partial charge in [-0.25, -0.2) is 0 Å². The summed E-state index contributed by atoms with van der Waals surface area (Å²) in [6, 6.07) is 3.52. The van der Waals surface area contributed by atoms with Gasteiger partial charge in [0.25, 0.3) is 5.91 Å². The van der Waals surface area contributed by atoms with Crippen molar-refractivity contribution in [2.24, 2.45) is 22.7 Å². The molecule has 3 heterocycles. The van der Waals surface area contributed by atoms with Crippen molar-refractivity contribution in [1.29, 1.82) is 0 Å². The van der Waals surface area contributed by atoms with Crippen LogP contribution in [-0.4, -0.2) is 65.2 Å². The first-order valence-corrected chi connectivity index (χ1v) is 11.5. The van der Waals surface area contributed by atoms with Gasteiger partial charge >= 0.3 is 0 Å². The fourth-order valence-corrected chi connectivity index (χ4v) is 6.08. The number of nitrogens with zero attached hydrogens (tertiary/aromatic N) is 3. The molecule has 0 radical (unpaired) electrons. The van der Waals surface area contributed by atoms with Gasteiger partial charge in [-0.05, 0) is 55.1 Å². The first-order chi connectivity index (χ1) is 14.8. The minimum absolute atomic E-state index is 0.0222. The molecule has 3 aliphatic rings. The molecule has 0 bridgehead atoms. The van der Waals surface area contributed by atoms with Crippen LogP contribution in [0, 0.1) is 22.7 Å². The lowest BCUT2D eigenvalue weighted by atomic mass is 9.65. The third-order valence-electron chi connectivity index (χ3n) is 7.89. The molecular formula is C24H34N4O3. The van der Waals surface area contributed by atoms with Crippen molar-refractivity contribution in [3.05, 3.63) is 30.1 Å².